The van der Waals surface area contributed by atoms with Gasteiger partial charge in [0, 0.05) is 18.1 Å². The van der Waals surface area contributed by atoms with Crippen molar-refractivity contribution in [3.05, 3.63) is 27.2 Å². The van der Waals surface area contributed by atoms with E-state index in [1.807, 2.05) is 0 Å². The fourth-order valence-corrected chi connectivity index (χ4v) is 5.29. The Bertz CT molecular complexity index is 632. The van der Waals surface area contributed by atoms with Crippen molar-refractivity contribution in [1.29, 1.82) is 0 Å². The lowest BCUT2D eigenvalue weighted by atomic mass is 10.0. The number of hydrogen-bond donors (Lipinski definition) is 1. The summed E-state index contributed by atoms with van der Waals surface area (Å²) in [5.41, 5.74) is 1.10. The van der Waals surface area contributed by atoms with Crippen molar-refractivity contribution in [2.75, 3.05) is 13.1 Å². The number of halogens is 2. The van der Waals surface area contributed by atoms with E-state index in [1.54, 1.807) is 26.8 Å². The molecule has 0 spiro atoms. The van der Waals surface area contributed by atoms with Gasteiger partial charge in [0.05, 0.1) is 11.1 Å². The molecule has 1 aliphatic rings. The molecule has 1 aliphatic heterocycles. The molecular weight excluding hydrogens is 333 g/mol. The number of aliphatic hydroxyl groups is 1. The first kappa shape index (κ1) is 17.0. The predicted octanol–water partition coefficient (Wildman–Crippen LogP) is 3.00. The summed E-state index contributed by atoms with van der Waals surface area (Å²) >= 11 is 12.3. The SMILES string of the molecule is Cc1cc(Cl)c(C)c(S(=O)(=O)N2CCC(C(C)O)C2)c1Cl. The molecule has 0 saturated carbocycles. The van der Waals surface area contributed by atoms with Crippen LogP contribution in [-0.2, 0) is 10.0 Å². The Kier molecular flexibility index (Phi) is 4.90. The third-order valence-corrected chi connectivity index (χ3v) is 7.08. The number of aryl methyl sites for hydroxylation is 1. The third kappa shape index (κ3) is 3.08. The van der Waals surface area contributed by atoms with Crippen molar-refractivity contribution < 1.29 is 13.5 Å². The third-order valence-electron chi connectivity index (χ3n) is 4.06. The zero-order valence-electron chi connectivity index (χ0n) is 12.2. The van der Waals surface area contributed by atoms with Crippen molar-refractivity contribution in [2.24, 2.45) is 5.92 Å². The monoisotopic (exact) mass is 351 g/mol. The van der Waals surface area contributed by atoms with Crippen molar-refractivity contribution >= 4 is 33.2 Å². The van der Waals surface area contributed by atoms with Gasteiger partial charge in [-0.1, -0.05) is 23.2 Å². The van der Waals surface area contributed by atoms with E-state index in [-0.39, 0.29) is 15.8 Å². The highest BCUT2D eigenvalue weighted by atomic mass is 35.5. The second kappa shape index (κ2) is 6.05. The highest BCUT2D eigenvalue weighted by molar-refractivity contribution is 7.89. The summed E-state index contributed by atoms with van der Waals surface area (Å²) in [5, 5.41) is 10.2. The normalized spacial score (nSPS) is 21.7. The minimum absolute atomic E-state index is 0.0425. The van der Waals surface area contributed by atoms with Crippen LogP contribution < -0.4 is 0 Å². The molecule has 21 heavy (non-hydrogen) atoms. The van der Waals surface area contributed by atoms with Crippen LogP contribution in [-0.4, -0.2) is 37.0 Å². The molecule has 4 nitrogen and oxygen atoms in total. The molecule has 0 bridgehead atoms. The van der Waals surface area contributed by atoms with Gasteiger partial charge in [-0.2, -0.15) is 4.31 Å². The second-order valence-corrected chi connectivity index (χ2v) is 8.26. The van der Waals surface area contributed by atoms with Gasteiger partial charge >= 0.3 is 0 Å². The first-order valence-electron chi connectivity index (χ1n) is 6.79. The average Bonchev–Trinajstić information content (AvgIpc) is 2.87. The van der Waals surface area contributed by atoms with Gasteiger partial charge < -0.3 is 5.11 Å². The summed E-state index contributed by atoms with van der Waals surface area (Å²) < 4.78 is 27.1. The van der Waals surface area contributed by atoms with E-state index in [4.69, 9.17) is 23.2 Å². The number of hydrogen-bond acceptors (Lipinski definition) is 3. The summed E-state index contributed by atoms with van der Waals surface area (Å²) in [4.78, 5) is 0.0837. The summed E-state index contributed by atoms with van der Waals surface area (Å²) in [6.45, 7) is 5.77. The molecule has 0 aliphatic carbocycles. The molecule has 0 radical (unpaired) electrons. The largest absolute Gasteiger partial charge is 0.393 e. The highest BCUT2D eigenvalue weighted by Gasteiger charge is 2.36. The molecule has 1 saturated heterocycles. The summed E-state index contributed by atoms with van der Waals surface area (Å²) in [7, 11) is -3.71. The van der Waals surface area contributed by atoms with Crippen LogP contribution in [0.2, 0.25) is 10.0 Å². The van der Waals surface area contributed by atoms with Crippen LogP contribution in [0.3, 0.4) is 0 Å². The lowest BCUT2D eigenvalue weighted by molar-refractivity contribution is 0.133. The second-order valence-electron chi connectivity index (χ2n) is 5.60. The lowest BCUT2D eigenvalue weighted by Crippen LogP contribution is -2.31. The van der Waals surface area contributed by atoms with Gasteiger partial charge in [0.2, 0.25) is 10.0 Å². The van der Waals surface area contributed by atoms with Crippen LogP contribution in [0.1, 0.15) is 24.5 Å². The van der Waals surface area contributed by atoms with E-state index < -0.39 is 16.1 Å². The fourth-order valence-electron chi connectivity index (χ4n) is 2.62. The number of aliphatic hydroxyl groups excluding tert-OH is 1. The molecule has 1 N–H and O–H groups in total. The molecule has 1 aromatic rings. The molecule has 1 fully saturated rings. The van der Waals surface area contributed by atoms with Crippen molar-refractivity contribution in [3.8, 4) is 0 Å². The Morgan fingerprint density at radius 1 is 1.38 bits per heavy atom. The van der Waals surface area contributed by atoms with Crippen LogP contribution in [0.5, 0.6) is 0 Å². The molecule has 7 heteroatoms. The predicted molar refractivity (Wildman–Crippen MR) is 84.5 cm³/mol. The molecule has 2 rings (SSSR count). The van der Waals surface area contributed by atoms with E-state index in [1.165, 1.54) is 4.31 Å². The van der Waals surface area contributed by atoms with Gasteiger partial charge in [-0.3, -0.25) is 0 Å². The van der Waals surface area contributed by atoms with Gasteiger partial charge in [-0.05, 0) is 50.3 Å². The topological polar surface area (TPSA) is 57.6 Å². The maximum atomic E-state index is 12.8. The minimum atomic E-state index is -3.71. The van der Waals surface area contributed by atoms with Crippen LogP contribution >= 0.6 is 23.2 Å². The maximum Gasteiger partial charge on any atom is 0.244 e. The van der Waals surface area contributed by atoms with Crippen molar-refractivity contribution in [2.45, 2.75) is 38.2 Å². The average molecular weight is 352 g/mol. The lowest BCUT2D eigenvalue weighted by Gasteiger charge is -2.21. The Hall–Kier alpha value is -0.330. The first-order valence-corrected chi connectivity index (χ1v) is 8.99. The smallest absolute Gasteiger partial charge is 0.244 e. The van der Waals surface area contributed by atoms with Crippen LogP contribution in [0, 0.1) is 19.8 Å². The van der Waals surface area contributed by atoms with Crippen LogP contribution in [0.25, 0.3) is 0 Å². The van der Waals surface area contributed by atoms with Crippen LogP contribution in [0.15, 0.2) is 11.0 Å². The maximum absolute atomic E-state index is 12.8. The fraction of sp³-hybridized carbons (Fsp3) is 0.571. The molecule has 1 heterocycles. The molecular formula is C14H19Cl2NO3S. The summed E-state index contributed by atoms with van der Waals surface area (Å²) in [6, 6.07) is 1.67. The minimum Gasteiger partial charge on any atom is -0.393 e. The Labute approximate surface area is 135 Å². The molecule has 0 aromatic heterocycles. The van der Waals surface area contributed by atoms with Crippen molar-refractivity contribution in [3.63, 3.8) is 0 Å². The van der Waals surface area contributed by atoms with E-state index in [0.29, 0.717) is 35.7 Å². The zero-order chi connectivity index (χ0) is 15.9. The van der Waals surface area contributed by atoms with E-state index in [2.05, 4.69) is 0 Å². The highest BCUT2D eigenvalue weighted by Crippen LogP contribution is 2.36. The molecule has 2 atom stereocenters. The van der Waals surface area contributed by atoms with E-state index in [0.717, 1.165) is 0 Å². The Morgan fingerprint density at radius 3 is 2.52 bits per heavy atom. The standard InChI is InChI=1S/C14H19Cl2NO3S/c1-8-6-12(15)9(2)14(13(8)16)21(19,20)17-5-4-11(7-17)10(3)18/h6,10-11,18H,4-5,7H2,1-3H3. The van der Waals surface area contributed by atoms with Gasteiger partial charge in [0.15, 0.2) is 0 Å². The number of nitrogens with zero attached hydrogens (tertiary/aromatic N) is 1. The van der Waals surface area contributed by atoms with Crippen molar-refractivity contribution in [1.82, 2.24) is 4.31 Å². The molecule has 118 valence electrons. The summed E-state index contributed by atoms with van der Waals surface area (Å²) in [6.07, 6.45) is 0.121. The number of rotatable bonds is 3. The molecule has 2 unspecified atom stereocenters. The van der Waals surface area contributed by atoms with E-state index in [9.17, 15) is 13.5 Å². The van der Waals surface area contributed by atoms with E-state index >= 15 is 0 Å². The zero-order valence-corrected chi connectivity index (χ0v) is 14.6. The van der Waals surface area contributed by atoms with Crippen LogP contribution in [0.4, 0.5) is 0 Å². The van der Waals surface area contributed by atoms with Gasteiger partial charge in [0.25, 0.3) is 0 Å². The first-order chi connectivity index (χ1) is 9.66. The van der Waals surface area contributed by atoms with Gasteiger partial charge in [-0.15, -0.1) is 0 Å². The molecule has 1 aromatic carbocycles. The quantitative estimate of drug-likeness (QED) is 0.910. The molecule has 0 amide bonds. The number of benzene rings is 1. The Morgan fingerprint density at radius 2 is 2.00 bits per heavy atom. The number of sulfonamides is 1. The summed E-state index contributed by atoms with van der Waals surface area (Å²) in [5.74, 6) is -0.0425. The Balaban J connectivity index is 2.47. The van der Waals surface area contributed by atoms with Gasteiger partial charge in [-0.25, -0.2) is 8.42 Å². The van der Waals surface area contributed by atoms with Gasteiger partial charge in [0.1, 0.15) is 4.90 Å².